The molecule has 0 aliphatic carbocycles. The lowest BCUT2D eigenvalue weighted by Crippen LogP contribution is -2.15. The fourth-order valence-electron chi connectivity index (χ4n) is 2.00. The molecule has 2 aromatic rings. The summed E-state index contributed by atoms with van der Waals surface area (Å²) in [5, 5.41) is 2.77. The van der Waals surface area contributed by atoms with Gasteiger partial charge in [0.15, 0.2) is 11.6 Å². The second kappa shape index (κ2) is 6.85. The molecule has 0 saturated carbocycles. The number of nitrogens with one attached hydrogen (secondary N) is 1. The summed E-state index contributed by atoms with van der Waals surface area (Å²) in [6.45, 7) is 0.786. The Morgan fingerprint density at radius 1 is 1.29 bits per heavy atom. The summed E-state index contributed by atoms with van der Waals surface area (Å²) in [5.74, 6) is 0.755. The minimum Gasteiger partial charge on any atom is -0.493 e. The van der Waals surface area contributed by atoms with Gasteiger partial charge in [0.05, 0.1) is 7.11 Å². The molecule has 0 fully saturated rings. The number of hydrogen-bond donors (Lipinski definition) is 1. The highest BCUT2D eigenvalue weighted by molar-refractivity contribution is 6.04. The first-order valence-electron chi connectivity index (χ1n) is 6.64. The van der Waals surface area contributed by atoms with Crippen molar-refractivity contribution in [2.45, 2.75) is 6.54 Å². The maximum Gasteiger partial charge on any atom is 0.256 e. The predicted molar refractivity (Wildman–Crippen MR) is 82.6 cm³/mol. The number of carbonyl (C=O) groups excluding carboxylic acids is 1. The number of carbonyl (C=O) groups is 1. The Labute approximate surface area is 124 Å². The summed E-state index contributed by atoms with van der Waals surface area (Å²) in [4.78, 5) is 18.5. The van der Waals surface area contributed by atoms with Crippen LogP contribution >= 0.6 is 0 Å². The molecule has 0 bridgehead atoms. The van der Waals surface area contributed by atoms with Gasteiger partial charge in [0.25, 0.3) is 5.91 Å². The maximum absolute atomic E-state index is 12.3. The van der Waals surface area contributed by atoms with Gasteiger partial charge in [0, 0.05) is 18.3 Å². The van der Waals surface area contributed by atoms with Crippen LogP contribution in [-0.4, -0.2) is 37.0 Å². The number of aromatic nitrogens is 1. The summed E-state index contributed by atoms with van der Waals surface area (Å²) >= 11 is 0. The molecule has 0 aliphatic heterocycles. The number of benzene rings is 1. The second-order valence-corrected chi connectivity index (χ2v) is 4.95. The number of pyridine rings is 1. The lowest BCUT2D eigenvalue weighted by Gasteiger charge is -2.11. The lowest BCUT2D eigenvalue weighted by atomic mass is 10.1. The Hall–Kier alpha value is -2.40. The summed E-state index contributed by atoms with van der Waals surface area (Å²) in [5.41, 5.74) is 1.68. The van der Waals surface area contributed by atoms with Gasteiger partial charge < -0.3 is 15.0 Å². The van der Waals surface area contributed by atoms with Gasteiger partial charge in [-0.25, -0.2) is 4.98 Å². The van der Waals surface area contributed by atoms with Crippen LogP contribution in [0.4, 0.5) is 5.82 Å². The number of anilines is 1. The van der Waals surface area contributed by atoms with Crippen LogP contribution in [0, 0.1) is 0 Å². The molecule has 1 aromatic heterocycles. The van der Waals surface area contributed by atoms with Crippen LogP contribution in [0.5, 0.6) is 5.75 Å². The fraction of sp³-hybridized carbons (Fsp3) is 0.250. The van der Waals surface area contributed by atoms with E-state index >= 15 is 0 Å². The molecule has 110 valence electrons. The van der Waals surface area contributed by atoms with E-state index in [2.05, 4.69) is 15.2 Å². The molecule has 21 heavy (non-hydrogen) atoms. The van der Waals surface area contributed by atoms with Crippen LogP contribution in [0.25, 0.3) is 0 Å². The first-order valence-corrected chi connectivity index (χ1v) is 6.64. The van der Waals surface area contributed by atoms with Gasteiger partial charge in [0.1, 0.15) is 0 Å². The van der Waals surface area contributed by atoms with Crippen molar-refractivity contribution in [3.63, 3.8) is 0 Å². The molecule has 1 aromatic carbocycles. The molecule has 0 unspecified atom stereocenters. The van der Waals surface area contributed by atoms with E-state index in [4.69, 9.17) is 4.74 Å². The molecule has 5 nitrogen and oxygen atoms in total. The third-order valence-corrected chi connectivity index (χ3v) is 2.91. The van der Waals surface area contributed by atoms with Crippen LogP contribution < -0.4 is 10.1 Å². The van der Waals surface area contributed by atoms with E-state index in [9.17, 15) is 4.79 Å². The summed E-state index contributed by atoms with van der Waals surface area (Å²) < 4.78 is 5.17. The van der Waals surface area contributed by atoms with E-state index in [0.29, 0.717) is 17.1 Å². The van der Waals surface area contributed by atoms with Crippen molar-refractivity contribution in [1.82, 2.24) is 9.88 Å². The Kier molecular flexibility index (Phi) is 4.90. The van der Waals surface area contributed by atoms with Crippen molar-refractivity contribution in [3.05, 3.63) is 53.7 Å². The number of ether oxygens (including phenoxy) is 1. The second-order valence-electron chi connectivity index (χ2n) is 4.95. The zero-order valence-corrected chi connectivity index (χ0v) is 12.5. The third kappa shape index (κ3) is 4.03. The summed E-state index contributed by atoms with van der Waals surface area (Å²) in [7, 11) is 5.53. The number of amides is 1. The molecule has 5 heteroatoms. The highest BCUT2D eigenvalue weighted by Gasteiger charge is 2.11. The molecule has 0 radical (unpaired) electrons. The van der Waals surface area contributed by atoms with Gasteiger partial charge in [0.2, 0.25) is 0 Å². The van der Waals surface area contributed by atoms with Gasteiger partial charge in [-0.3, -0.25) is 4.79 Å². The predicted octanol–water partition coefficient (Wildman–Crippen LogP) is 2.40. The van der Waals surface area contributed by atoms with Gasteiger partial charge >= 0.3 is 0 Å². The van der Waals surface area contributed by atoms with E-state index in [1.54, 1.807) is 31.5 Å². The first-order chi connectivity index (χ1) is 10.1. The molecule has 1 amide bonds. The van der Waals surface area contributed by atoms with Crippen molar-refractivity contribution in [1.29, 1.82) is 0 Å². The molecule has 0 atom stereocenters. The lowest BCUT2D eigenvalue weighted by molar-refractivity contribution is 0.102. The quantitative estimate of drug-likeness (QED) is 0.916. The maximum atomic E-state index is 12.3. The highest BCUT2D eigenvalue weighted by atomic mass is 16.5. The molecule has 1 N–H and O–H groups in total. The van der Waals surface area contributed by atoms with Crippen molar-refractivity contribution in [2.75, 3.05) is 26.5 Å². The Morgan fingerprint density at radius 3 is 2.81 bits per heavy atom. The van der Waals surface area contributed by atoms with Crippen molar-refractivity contribution in [3.8, 4) is 5.75 Å². The van der Waals surface area contributed by atoms with E-state index < -0.39 is 0 Å². The van der Waals surface area contributed by atoms with E-state index in [-0.39, 0.29) is 5.91 Å². The summed E-state index contributed by atoms with van der Waals surface area (Å²) in [6, 6.07) is 11.0. The van der Waals surface area contributed by atoms with Crippen LogP contribution in [0.15, 0.2) is 42.6 Å². The average Bonchev–Trinajstić information content (AvgIpc) is 2.47. The fourth-order valence-corrected chi connectivity index (χ4v) is 2.00. The molecule has 1 heterocycles. The van der Waals surface area contributed by atoms with Gasteiger partial charge in [-0.05, 0) is 43.9 Å². The van der Waals surface area contributed by atoms with Crippen molar-refractivity contribution >= 4 is 11.7 Å². The monoisotopic (exact) mass is 285 g/mol. The topological polar surface area (TPSA) is 54.5 Å². The molecular formula is C16H19N3O2. The number of methoxy groups -OCH3 is 1. The number of rotatable bonds is 5. The standard InChI is InChI=1S/C16H19N3O2/c1-19(2)11-12-6-4-7-13(10-12)16(20)18-15-14(21-3)8-5-9-17-15/h4-10H,11H2,1-3H3,(H,17,18,20). The van der Waals surface area contributed by atoms with Crippen LogP contribution in [0.1, 0.15) is 15.9 Å². The van der Waals surface area contributed by atoms with Gasteiger partial charge in [-0.15, -0.1) is 0 Å². The molecule has 0 aliphatic rings. The Bertz CT molecular complexity index is 626. The number of nitrogens with zero attached hydrogens (tertiary/aromatic N) is 2. The normalized spacial score (nSPS) is 10.5. The Morgan fingerprint density at radius 2 is 2.10 bits per heavy atom. The zero-order chi connectivity index (χ0) is 15.2. The Balaban J connectivity index is 2.16. The molecule has 0 saturated heterocycles. The molecule has 2 rings (SSSR count). The smallest absolute Gasteiger partial charge is 0.256 e. The molecule has 0 spiro atoms. The van der Waals surface area contributed by atoms with Crippen molar-refractivity contribution < 1.29 is 9.53 Å². The van der Waals surface area contributed by atoms with Crippen molar-refractivity contribution in [2.24, 2.45) is 0 Å². The largest absolute Gasteiger partial charge is 0.493 e. The number of hydrogen-bond acceptors (Lipinski definition) is 4. The first kappa shape index (κ1) is 15.0. The van der Waals surface area contributed by atoms with E-state index in [1.165, 1.54) is 0 Å². The minimum absolute atomic E-state index is 0.201. The zero-order valence-electron chi connectivity index (χ0n) is 12.5. The van der Waals surface area contributed by atoms with Crippen LogP contribution in [-0.2, 0) is 6.54 Å². The van der Waals surface area contributed by atoms with Crippen LogP contribution in [0.2, 0.25) is 0 Å². The van der Waals surface area contributed by atoms with Gasteiger partial charge in [-0.2, -0.15) is 0 Å². The average molecular weight is 285 g/mol. The van der Waals surface area contributed by atoms with Crippen LogP contribution in [0.3, 0.4) is 0 Å². The minimum atomic E-state index is -0.201. The van der Waals surface area contributed by atoms with E-state index in [0.717, 1.165) is 12.1 Å². The third-order valence-electron chi connectivity index (χ3n) is 2.91. The van der Waals surface area contributed by atoms with E-state index in [1.807, 2.05) is 32.3 Å². The van der Waals surface area contributed by atoms with Gasteiger partial charge in [-0.1, -0.05) is 12.1 Å². The highest BCUT2D eigenvalue weighted by Crippen LogP contribution is 2.20. The SMILES string of the molecule is COc1cccnc1NC(=O)c1cccc(CN(C)C)c1. The molecular weight excluding hydrogens is 266 g/mol. The summed E-state index contributed by atoms with van der Waals surface area (Å²) in [6.07, 6.45) is 1.61.